The van der Waals surface area contributed by atoms with Crippen LogP contribution in [0.1, 0.15) is 10.6 Å². The fourth-order valence-electron chi connectivity index (χ4n) is 1.66. The summed E-state index contributed by atoms with van der Waals surface area (Å²) in [6, 6.07) is 5.36. The summed E-state index contributed by atoms with van der Waals surface area (Å²) in [6.07, 6.45) is 0. The monoisotopic (exact) mass is 282 g/mol. The zero-order chi connectivity index (χ0) is 11.1. The second-order valence-corrected chi connectivity index (χ2v) is 3.95. The summed E-state index contributed by atoms with van der Waals surface area (Å²) in [5.74, 6) is 1.46. The second kappa shape index (κ2) is 3.52. The van der Waals surface area contributed by atoms with E-state index in [1.807, 2.05) is 12.1 Å². The number of carbonyl (C=O) groups is 1. The number of hydrogen-bond donors (Lipinski definition) is 0. The van der Waals surface area contributed by atoms with E-state index < -0.39 is 0 Å². The molecular formula is C11H7BrO4. The van der Waals surface area contributed by atoms with Crippen LogP contribution in [0.4, 0.5) is 0 Å². The van der Waals surface area contributed by atoms with E-state index in [9.17, 15) is 4.79 Å². The largest absolute Gasteiger partial charge is 0.453 e. The molecule has 0 saturated carbocycles. The lowest BCUT2D eigenvalue weighted by Crippen LogP contribution is -1.96. The molecule has 0 spiro atoms. The third-order valence-corrected chi connectivity index (χ3v) is 2.93. The minimum absolute atomic E-state index is 0.0936. The number of carbonyl (C=O) groups excluding carboxylic acids is 1. The van der Waals surface area contributed by atoms with Gasteiger partial charge in [0.05, 0.1) is 5.33 Å². The molecule has 0 saturated heterocycles. The number of ketones is 1. The van der Waals surface area contributed by atoms with E-state index in [1.165, 1.54) is 0 Å². The van der Waals surface area contributed by atoms with Gasteiger partial charge in [-0.15, -0.1) is 0 Å². The van der Waals surface area contributed by atoms with E-state index in [1.54, 1.807) is 6.07 Å². The topological polar surface area (TPSA) is 48.7 Å². The molecule has 0 fully saturated rings. The van der Waals surface area contributed by atoms with Crippen molar-refractivity contribution in [1.29, 1.82) is 0 Å². The molecule has 1 aromatic carbocycles. The van der Waals surface area contributed by atoms with Crippen LogP contribution in [0.2, 0.25) is 0 Å². The second-order valence-electron chi connectivity index (χ2n) is 3.39. The summed E-state index contributed by atoms with van der Waals surface area (Å²) in [5, 5.41) is 1.08. The van der Waals surface area contributed by atoms with Gasteiger partial charge in [-0.3, -0.25) is 4.79 Å². The molecule has 0 unspecified atom stereocenters. The van der Waals surface area contributed by atoms with Crippen LogP contribution in [0.3, 0.4) is 0 Å². The summed E-state index contributed by atoms with van der Waals surface area (Å²) >= 11 is 3.11. The van der Waals surface area contributed by atoms with Crippen LogP contribution < -0.4 is 9.47 Å². The number of Topliss-reactive ketones (excluding diaryl/α,β-unsaturated/α-hetero) is 1. The Labute approximate surface area is 99.3 Å². The molecule has 0 aliphatic carbocycles. The molecule has 82 valence electrons. The van der Waals surface area contributed by atoms with Crippen LogP contribution >= 0.6 is 15.9 Å². The number of halogens is 1. The molecule has 2 heterocycles. The highest BCUT2D eigenvalue weighted by Crippen LogP contribution is 2.40. The van der Waals surface area contributed by atoms with E-state index in [0.29, 0.717) is 22.8 Å². The Balaban J connectivity index is 2.21. The van der Waals surface area contributed by atoms with Gasteiger partial charge >= 0.3 is 0 Å². The Bertz CT molecular complexity index is 573. The highest BCUT2D eigenvalue weighted by molar-refractivity contribution is 9.09. The molecule has 4 nitrogen and oxygen atoms in total. The van der Waals surface area contributed by atoms with Crippen LogP contribution in [-0.4, -0.2) is 17.9 Å². The van der Waals surface area contributed by atoms with Gasteiger partial charge in [0.2, 0.25) is 18.3 Å². The maximum atomic E-state index is 11.5. The maximum Gasteiger partial charge on any atom is 0.231 e. The first-order valence-electron chi connectivity index (χ1n) is 4.71. The van der Waals surface area contributed by atoms with Crippen LogP contribution in [0.15, 0.2) is 22.6 Å². The summed E-state index contributed by atoms with van der Waals surface area (Å²) in [7, 11) is 0. The van der Waals surface area contributed by atoms with Crippen molar-refractivity contribution in [3.05, 3.63) is 24.0 Å². The molecule has 1 aliphatic heterocycles. The number of hydrogen-bond acceptors (Lipinski definition) is 4. The third kappa shape index (κ3) is 1.31. The minimum atomic E-state index is -0.0936. The fourth-order valence-corrected chi connectivity index (χ4v) is 1.94. The Morgan fingerprint density at radius 1 is 1.38 bits per heavy atom. The first kappa shape index (κ1) is 9.72. The van der Waals surface area contributed by atoms with Crippen LogP contribution in [-0.2, 0) is 0 Å². The molecule has 0 bridgehead atoms. The van der Waals surface area contributed by atoms with Crippen LogP contribution in [0.5, 0.6) is 11.5 Å². The van der Waals surface area contributed by atoms with Crippen molar-refractivity contribution in [2.75, 3.05) is 12.1 Å². The minimum Gasteiger partial charge on any atom is -0.453 e. The van der Waals surface area contributed by atoms with Crippen molar-refractivity contribution in [3.8, 4) is 11.5 Å². The molecule has 3 rings (SSSR count). The van der Waals surface area contributed by atoms with Crippen molar-refractivity contribution in [3.63, 3.8) is 0 Å². The third-order valence-electron chi connectivity index (χ3n) is 2.42. The van der Waals surface area contributed by atoms with E-state index in [2.05, 4.69) is 15.9 Å². The first-order chi connectivity index (χ1) is 7.79. The number of rotatable bonds is 2. The van der Waals surface area contributed by atoms with Gasteiger partial charge in [-0.25, -0.2) is 0 Å². The van der Waals surface area contributed by atoms with Crippen molar-refractivity contribution in [2.24, 2.45) is 0 Å². The predicted molar refractivity (Wildman–Crippen MR) is 60.5 cm³/mol. The van der Waals surface area contributed by atoms with Crippen LogP contribution in [0, 0.1) is 0 Å². The SMILES string of the molecule is O=C(CBr)c1cc2ccc3c(c2o1)OCO3. The van der Waals surface area contributed by atoms with Crippen molar-refractivity contribution in [2.45, 2.75) is 0 Å². The molecule has 5 heteroatoms. The Morgan fingerprint density at radius 3 is 3.06 bits per heavy atom. The average Bonchev–Trinajstić information content (AvgIpc) is 2.92. The fraction of sp³-hybridized carbons (Fsp3) is 0.182. The molecule has 0 N–H and O–H groups in total. The summed E-state index contributed by atoms with van der Waals surface area (Å²) < 4.78 is 16.0. The van der Waals surface area contributed by atoms with Gasteiger partial charge in [-0.05, 0) is 18.2 Å². The molecule has 0 atom stereocenters. The Kier molecular flexibility index (Phi) is 2.14. The lowest BCUT2D eigenvalue weighted by molar-refractivity contribution is 0.0995. The van der Waals surface area contributed by atoms with Crippen molar-refractivity contribution in [1.82, 2.24) is 0 Å². The van der Waals surface area contributed by atoms with E-state index in [-0.39, 0.29) is 17.9 Å². The van der Waals surface area contributed by atoms with E-state index in [0.717, 1.165) is 5.39 Å². The summed E-state index contributed by atoms with van der Waals surface area (Å²) in [6.45, 7) is 0.191. The normalized spacial score (nSPS) is 13.3. The summed E-state index contributed by atoms with van der Waals surface area (Å²) in [4.78, 5) is 11.5. The van der Waals surface area contributed by atoms with E-state index >= 15 is 0 Å². The smallest absolute Gasteiger partial charge is 0.231 e. The van der Waals surface area contributed by atoms with Crippen molar-refractivity contribution >= 4 is 32.7 Å². The standard InChI is InChI=1S/C11H7BrO4/c12-4-7(13)9-3-6-1-2-8-11(10(6)16-9)15-5-14-8/h1-3H,4-5H2. The molecule has 1 aliphatic rings. The van der Waals surface area contributed by atoms with Gasteiger partial charge in [0.1, 0.15) is 0 Å². The molecular weight excluding hydrogens is 276 g/mol. The number of furan rings is 1. The number of fused-ring (bicyclic) bond motifs is 3. The zero-order valence-electron chi connectivity index (χ0n) is 8.16. The van der Waals surface area contributed by atoms with Gasteiger partial charge in [-0.1, -0.05) is 15.9 Å². The molecule has 16 heavy (non-hydrogen) atoms. The molecule has 1 aromatic heterocycles. The van der Waals surface area contributed by atoms with E-state index in [4.69, 9.17) is 13.9 Å². The number of alkyl halides is 1. The first-order valence-corrected chi connectivity index (χ1v) is 5.83. The molecule has 0 radical (unpaired) electrons. The highest BCUT2D eigenvalue weighted by atomic mass is 79.9. The van der Waals surface area contributed by atoms with Gasteiger partial charge in [-0.2, -0.15) is 0 Å². The predicted octanol–water partition coefficient (Wildman–Crippen LogP) is 2.74. The van der Waals surface area contributed by atoms with Gasteiger partial charge in [0.25, 0.3) is 0 Å². The summed E-state index contributed by atoms with van der Waals surface area (Å²) in [5.41, 5.74) is 0.569. The van der Waals surface area contributed by atoms with Gasteiger partial charge < -0.3 is 13.9 Å². The zero-order valence-corrected chi connectivity index (χ0v) is 9.74. The maximum absolute atomic E-state index is 11.5. The van der Waals surface area contributed by atoms with Gasteiger partial charge in [0.15, 0.2) is 17.1 Å². The average molecular weight is 283 g/mol. The number of ether oxygens (including phenoxy) is 2. The lowest BCUT2D eigenvalue weighted by Gasteiger charge is -1.94. The van der Waals surface area contributed by atoms with Crippen LogP contribution in [0.25, 0.3) is 11.0 Å². The molecule has 0 amide bonds. The Hall–Kier alpha value is -1.49. The number of benzene rings is 1. The Morgan fingerprint density at radius 2 is 2.25 bits per heavy atom. The quantitative estimate of drug-likeness (QED) is 0.628. The van der Waals surface area contributed by atoms with Gasteiger partial charge in [0, 0.05) is 5.39 Å². The molecule has 2 aromatic rings. The van der Waals surface area contributed by atoms with Crippen molar-refractivity contribution < 1.29 is 18.7 Å². The lowest BCUT2D eigenvalue weighted by atomic mass is 10.2. The highest BCUT2D eigenvalue weighted by Gasteiger charge is 2.21.